The Balaban J connectivity index is 2.09. The molecule has 0 spiro atoms. The first kappa shape index (κ1) is 21.4. The molecule has 2 aromatic carbocycles. The number of rotatable bonds is 7. The van der Waals surface area contributed by atoms with Crippen LogP contribution in [0.3, 0.4) is 0 Å². The van der Waals surface area contributed by atoms with Gasteiger partial charge in [-0.1, -0.05) is 18.2 Å². The lowest BCUT2D eigenvalue weighted by atomic mass is 9.89. The molecule has 3 aromatic rings. The van der Waals surface area contributed by atoms with Crippen LogP contribution in [0, 0.1) is 0 Å². The molecule has 0 aliphatic carbocycles. The third-order valence-corrected chi connectivity index (χ3v) is 5.03. The van der Waals surface area contributed by atoms with Gasteiger partial charge in [-0.3, -0.25) is 9.78 Å². The van der Waals surface area contributed by atoms with Gasteiger partial charge in [-0.15, -0.1) is 0 Å². The molecular formula is C23H28N4O3. The van der Waals surface area contributed by atoms with Crippen LogP contribution in [0.1, 0.15) is 35.8 Å². The smallest absolute Gasteiger partial charge is 0.253 e. The summed E-state index contributed by atoms with van der Waals surface area (Å²) in [5.74, 6) is 1.10. The lowest BCUT2D eigenvalue weighted by Crippen LogP contribution is -2.43. The van der Waals surface area contributed by atoms with Crippen molar-refractivity contribution in [1.29, 1.82) is 0 Å². The Morgan fingerprint density at radius 1 is 1.10 bits per heavy atom. The van der Waals surface area contributed by atoms with E-state index in [0.29, 0.717) is 22.6 Å². The summed E-state index contributed by atoms with van der Waals surface area (Å²) in [6.45, 7) is 3.92. The second-order valence-corrected chi connectivity index (χ2v) is 7.65. The van der Waals surface area contributed by atoms with E-state index in [1.807, 2.05) is 50.2 Å². The second-order valence-electron chi connectivity index (χ2n) is 7.65. The number of nitrogens with two attached hydrogens (primary N) is 1. The van der Waals surface area contributed by atoms with Gasteiger partial charge in [0.2, 0.25) is 0 Å². The fourth-order valence-corrected chi connectivity index (χ4v) is 3.51. The molecule has 158 valence electrons. The molecule has 0 fully saturated rings. The Morgan fingerprint density at radius 3 is 2.47 bits per heavy atom. The zero-order chi connectivity index (χ0) is 21.9. The Labute approximate surface area is 176 Å². The molecule has 1 aromatic heterocycles. The molecule has 0 saturated heterocycles. The SMILES string of the molecule is CNC(=O)c1cccc2c(NC(c3ccc(OC)c(OC)c3)C(C)(C)N)ccnc12. The maximum atomic E-state index is 12.3. The maximum absolute atomic E-state index is 12.3. The number of amides is 1. The summed E-state index contributed by atoms with van der Waals surface area (Å²) < 4.78 is 10.8. The number of aromatic nitrogens is 1. The Kier molecular flexibility index (Phi) is 6.12. The van der Waals surface area contributed by atoms with Crippen LogP contribution in [0.5, 0.6) is 11.5 Å². The zero-order valence-corrected chi connectivity index (χ0v) is 17.9. The Hall–Kier alpha value is -3.32. The zero-order valence-electron chi connectivity index (χ0n) is 17.9. The highest BCUT2D eigenvalue weighted by Gasteiger charge is 2.28. The van der Waals surface area contributed by atoms with E-state index in [-0.39, 0.29) is 11.9 Å². The number of benzene rings is 2. The molecule has 1 amide bonds. The number of ether oxygens (including phenoxy) is 2. The van der Waals surface area contributed by atoms with Crippen LogP contribution in [0.2, 0.25) is 0 Å². The normalized spacial score (nSPS) is 12.3. The first-order valence-electron chi connectivity index (χ1n) is 9.67. The number of carbonyl (C=O) groups excluding carboxylic acids is 1. The van der Waals surface area contributed by atoms with Crippen LogP contribution < -0.4 is 25.8 Å². The molecule has 7 heteroatoms. The number of hydrogen-bond acceptors (Lipinski definition) is 6. The quantitative estimate of drug-likeness (QED) is 0.553. The maximum Gasteiger partial charge on any atom is 0.253 e. The molecule has 0 aliphatic rings. The van der Waals surface area contributed by atoms with Gasteiger partial charge in [-0.05, 0) is 43.7 Å². The van der Waals surface area contributed by atoms with E-state index >= 15 is 0 Å². The van der Waals surface area contributed by atoms with E-state index in [1.165, 1.54) is 0 Å². The van der Waals surface area contributed by atoms with E-state index in [0.717, 1.165) is 16.6 Å². The highest BCUT2D eigenvalue weighted by molar-refractivity contribution is 6.08. The largest absolute Gasteiger partial charge is 0.493 e. The first-order chi connectivity index (χ1) is 14.3. The highest BCUT2D eigenvalue weighted by Crippen LogP contribution is 2.36. The average Bonchev–Trinajstić information content (AvgIpc) is 2.75. The van der Waals surface area contributed by atoms with Gasteiger partial charge < -0.3 is 25.8 Å². The van der Waals surface area contributed by atoms with Crippen molar-refractivity contribution in [2.45, 2.75) is 25.4 Å². The van der Waals surface area contributed by atoms with Crippen molar-refractivity contribution >= 4 is 22.5 Å². The minimum atomic E-state index is -0.604. The van der Waals surface area contributed by atoms with Crippen molar-refractivity contribution in [2.75, 3.05) is 26.6 Å². The lowest BCUT2D eigenvalue weighted by Gasteiger charge is -2.33. The number of nitrogens with one attached hydrogen (secondary N) is 2. The number of para-hydroxylation sites is 1. The molecule has 1 heterocycles. The van der Waals surface area contributed by atoms with E-state index in [2.05, 4.69) is 15.6 Å². The fourth-order valence-electron chi connectivity index (χ4n) is 3.51. The minimum Gasteiger partial charge on any atom is -0.493 e. The van der Waals surface area contributed by atoms with E-state index < -0.39 is 5.54 Å². The summed E-state index contributed by atoms with van der Waals surface area (Å²) >= 11 is 0. The molecule has 0 saturated carbocycles. The molecule has 4 N–H and O–H groups in total. The van der Waals surface area contributed by atoms with Crippen LogP contribution in [0.15, 0.2) is 48.7 Å². The summed E-state index contributed by atoms with van der Waals surface area (Å²) in [5, 5.41) is 7.06. The van der Waals surface area contributed by atoms with Gasteiger partial charge in [0, 0.05) is 29.9 Å². The number of anilines is 1. The molecule has 0 aliphatic heterocycles. The van der Waals surface area contributed by atoms with Crippen LogP contribution in [0.4, 0.5) is 5.69 Å². The van der Waals surface area contributed by atoms with Crippen LogP contribution >= 0.6 is 0 Å². The summed E-state index contributed by atoms with van der Waals surface area (Å²) in [4.78, 5) is 16.7. The van der Waals surface area contributed by atoms with Crippen molar-refractivity contribution < 1.29 is 14.3 Å². The van der Waals surface area contributed by atoms with Crippen molar-refractivity contribution in [3.63, 3.8) is 0 Å². The summed E-state index contributed by atoms with van der Waals surface area (Å²) in [5.41, 5.74) is 8.89. The molecular weight excluding hydrogens is 380 g/mol. The van der Waals surface area contributed by atoms with Gasteiger partial charge in [-0.2, -0.15) is 0 Å². The van der Waals surface area contributed by atoms with Gasteiger partial charge in [0.1, 0.15) is 0 Å². The Morgan fingerprint density at radius 2 is 1.83 bits per heavy atom. The van der Waals surface area contributed by atoms with Gasteiger partial charge in [0.05, 0.1) is 31.3 Å². The highest BCUT2D eigenvalue weighted by atomic mass is 16.5. The van der Waals surface area contributed by atoms with Crippen molar-refractivity contribution in [3.05, 3.63) is 59.8 Å². The number of methoxy groups -OCH3 is 2. The predicted molar refractivity (Wildman–Crippen MR) is 119 cm³/mol. The third-order valence-electron chi connectivity index (χ3n) is 5.03. The topological polar surface area (TPSA) is 98.5 Å². The summed E-state index contributed by atoms with van der Waals surface area (Å²) in [6.07, 6.45) is 1.69. The standard InChI is InChI=1S/C23H28N4O3/c1-23(2,24)21(14-9-10-18(29-4)19(13-14)30-5)27-17-11-12-26-20-15(17)7-6-8-16(20)22(28)25-3/h6-13,21H,24H2,1-5H3,(H,25,28)(H,26,27). The fraction of sp³-hybridized carbons (Fsp3) is 0.304. The molecule has 0 radical (unpaired) electrons. The Bertz CT molecular complexity index is 1060. The van der Waals surface area contributed by atoms with Crippen LogP contribution in [-0.4, -0.2) is 37.7 Å². The first-order valence-corrected chi connectivity index (χ1v) is 9.67. The summed E-state index contributed by atoms with van der Waals surface area (Å²) in [6, 6.07) is 12.9. The van der Waals surface area contributed by atoms with Crippen LogP contribution in [-0.2, 0) is 0 Å². The summed E-state index contributed by atoms with van der Waals surface area (Å²) in [7, 11) is 4.81. The number of nitrogens with zero attached hydrogens (tertiary/aromatic N) is 1. The number of fused-ring (bicyclic) bond motifs is 1. The molecule has 1 unspecified atom stereocenters. The van der Waals surface area contributed by atoms with Crippen molar-refractivity contribution in [2.24, 2.45) is 5.73 Å². The molecule has 7 nitrogen and oxygen atoms in total. The van der Waals surface area contributed by atoms with Crippen LogP contribution in [0.25, 0.3) is 10.9 Å². The number of pyridine rings is 1. The number of hydrogen-bond donors (Lipinski definition) is 3. The van der Waals surface area contributed by atoms with Gasteiger partial charge in [0.25, 0.3) is 5.91 Å². The van der Waals surface area contributed by atoms with Gasteiger partial charge >= 0.3 is 0 Å². The van der Waals surface area contributed by atoms with Crippen molar-refractivity contribution in [1.82, 2.24) is 10.3 Å². The van der Waals surface area contributed by atoms with Gasteiger partial charge in [0.15, 0.2) is 11.5 Å². The van der Waals surface area contributed by atoms with Crippen molar-refractivity contribution in [3.8, 4) is 11.5 Å². The van der Waals surface area contributed by atoms with E-state index in [9.17, 15) is 4.79 Å². The molecule has 1 atom stereocenters. The minimum absolute atomic E-state index is 0.180. The van der Waals surface area contributed by atoms with E-state index in [4.69, 9.17) is 15.2 Å². The molecule has 3 rings (SSSR count). The number of carbonyl (C=O) groups is 1. The van der Waals surface area contributed by atoms with E-state index in [1.54, 1.807) is 33.5 Å². The van der Waals surface area contributed by atoms with Gasteiger partial charge in [-0.25, -0.2) is 0 Å². The molecule has 30 heavy (non-hydrogen) atoms. The lowest BCUT2D eigenvalue weighted by molar-refractivity contribution is 0.0964. The monoisotopic (exact) mass is 408 g/mol. The predicted octanol–water partition coefficient (Wildman–Crippen LogP) is 3.50. The molecule has 0 bridgehead atoms. The third kappa shape index (κ3) is 4.16. The average molecular weight is 409 g/mol. The second kappa shape index (κ2) is 8.59.